The molecule has 1 saturated heterocycles. The molecule has 0 bridgehead atoms. The standard InChI is InChI=1S/C18H25N3O2/c1-3-20-9-11-21(12-10-20)13-15-14-23-18(19-15)16-7-5-6-8-17(16)22-4-2/h5-8,14H,3-4,9-13H2,1-2H3. The number of aromatic nitrogens is 1. The average Bonchev–Trinajstić information content (AvgIpc) is 3.05. The molecule has 0 radical (unpaired) electrons. The van der Waals surface area contributed by atoms with Crippen LogP contribution in [0.4, 0.5) is 0 Å². The summed E-state index contributed by atoms with van der Waals surface area (Å²) >= 11 is 0. The van der Waals surface area contributed by atoms with E-state index < -0.39 is 0 Å². The van der Waals surface area contributed by atoms with Gasteiger partial charge in [0.1, 0.15) is 12.0 Å². The fourth-order valence-corrected chi connectivity index (χ4v) is 2.92. The number of hydrogen-bond donors (Lipinski definition) is 0. The molecule has 2 aromatic rings. The highest BCUT2D eigenvalue weighted by atomic mass is 16.5. The van der Waals surface area contributed by atoms with Crippen molar-refractivity contribution >= 4 is 0 Å². The van der Waals surface area contributed by atoms with E-state index >= 15 is 0 Å². The predicted octanol–water partition coefficient (Wildman–Crippen LogP) is 2.88. The highest BCUT2D eigenvalue weighted by molar-refractivity contribution is 5.62. The summed E-state index contributed by atoms with van der Waals surface area (Å²) in [4.78, 5) is 9.56. The molecule has 1 aromatic heterocycles. The second-order valence-corrected chi connectivity index (χ2v) is 5.78. The number of oxazole rings is 1. The number of rotatable bonds is 6. The van der Waals surface area contributed by atoms with Crippen molar-refractivity contribution in [3.05, 3.63) is 36.2 Å². The fraction of sp³-hybridized carbons (Fsp3) is 0.500. The lowest BCUT2D eigenvalue weighted by molar-refractivity contribution is 0.131. The third-order valence-electron chi connectivity index (χ3n) is 4.27. The second-order valence-electron chi connectivity index (χ2n) is 5.78. The smallest absolute Gasteiger partial charge is 0.229 e. The van der Waals surface area contributed by atoms with E-state index in [1.165, 1.54) is 0 Å². The first kappa shape index (κ1) is 16.0. The van der Waals surface area contributed by atoms with Crippen molar-refractivity contribution < 1.29 is 9.15 Å². The number of piperazine rings is 1. The molecule has 5 nitrogen and oxygen atoms in total. The zero-order valence-electron chi connectivity index (χ0n) is 14.0. The summed E-state index contributed by atoms with van der Waals surface area (Å²) in [6.07, 6.45) is 1.77. The van der Waals surface area contributed by atoms with Crippen molar-refractivity contribution in [3.8, 4) is 17.2 Å². The van der Waals surface area contributed by atoms with Crippen LogP contribution in [0.2, 0.25) is 0 Å². The second kappa shape index (κ2) is 7.62. The maximum Gasteiger partial charge on any atom is 0.229 e. The molecule has 0 aliphatic carbocycles. The maximum atomic E-state index is 5.69. The summed E-state index contributed by atoms with van der Waals surface area (Å²) < 4.78 is 11.4. The van der Waals surface area contributed by atoms with Gasteiger partial charge in [-0.25, -0.2) is 4.98 Å². The minimum Gasteiger partial charge on any atom is -0.493 e. The van der Waals surface area contributed by atoms with Gasteiger partial charge in [0.2, 0.25) is 5.89 Å². The summed E-state index contributed by atoms with van der Waals surface area (Å²) in [5, 5.41) is 0. The van der Waals surface area contributed by atoms with Gasteiger partial charge in [0.25, 0.3) is 0 Å². The van der Waals surface area contributed by atoms with Crippen LogP contribution in [0, 0.1) is 0 Å². The molecule has 1 aromatic carbocycles. The van der Waals surface area contributed by atoms with E-state index in [0.29, 0.717) is 12.5 Å². The topological polar surface area (TPSA) is 41.7 Å². The SMILES string of the molecule is CCOc1ccccc1-c1nc(CN2CCN(CC)CC2)co1. The third kappa shape index (κ3) is 3.92. The number of benzene rings is 1. The molecule has 0 atom stereocenters. The van der Waals surface area contributed by atoms with Gasteiger partial charge in [-0.1, -0.05) is 19.1 Å². The first-order valence-corrected chi connectivity index (χ1v) is 8.41. The molecule has 1 aliphatic rings. The zero-order valence-corrected chi connectivity index (χ0v) is 14.0. The molecule has 0 saturated carbocycles. The highest BCUT2D eigenvalue weighted by Crippen LogP contribution is 2.29. The Kier molecular flexibility index (Phi) is 5.31. The number of likely N-dealkylation sites (N-methyl/N-ethyl adjacent to an activating group) is 1. The lowest BCUT2D eigenvalue weighted by Gasteiger charge is -2.33. The first-order valence-electron chi connectivity index (χ1n) is 8.41. The Morgan fingerprint density at radius 2 is 1.83 bits per heavy atom. The molecule has 0 N–H and O–H groups in total. The molecule has 1 fully saturated rings. The molecule has 0 unspecified atom stereocenters. The molecule has 1 aliphatic heterocycles. The summed E-state index contributed by atoms with van der Waals surface area (Å²) in [5.74, 6) is 1.45. The lowest BCUT2D eigenvalue weighted by atomic mass is 10.2. The fourth-order valence-electron chi connectivity index (χ4n) is 2.92. The largest absolute Gasteiger partial charge is 0.493 e. The molecular formula is C18H25N3O2. The van der Waals surface area contributed by atoms with Crippen LogP contribution in [0.3, 0.4) is 0 Å². The van der Waals surface area contributed by atoms with Crippen molar-refractivity contribution in [1.82, 2.24) is 14.8 Å². The molecular weight excluding hydrogens is 290 g/mol. The highest BCUT2D eigenvalue weighted by Gasteiger charge is 2.18. The maximum absolute atomic E-state index is 5.69. The van der Waals surface area contributed by atoms with E-state index in [-0.39, 0.29) is 0 Å². The van der Waals surface area contributed by atoms with Gasteiger partial charge in [-0.05, 0) is 25.6 Å². The summed E-state index contributed by atoms with van der Waals surface area (Å²) in [6, 6.07) is 7.88. The Balaban J connectivity index is 1.67. The van der Waals surface area contributed by atoms with Crippen LogP contribution < -0.4 is 4.74 Å². The van der Waals surface area contributed by atoms with Crippen LogP contribution >= 0.6 is 0 Å². The first-order chi connectivity index (χ1) is 11.3. The molecule has 124 valence electrons. The van der Waals surface area contributed by atoms with E-state index in [1.807, 2.05) is 31.2 Å². The Hall–Kier alpha value is -1.85. The average molecular weight is 315 g/mol. The van der Waals surface area contributed by atoms with Crippen LogP contribution in [-0.4, -0.2) is 54.1 Å². The van der Waals surface area contributed by atoms with Gasteiger partial charge in [-0.3, -0.25) is 4.90 Å². The van der Waals surface area contributed by atoms with Crippen molar-refractivity contribution in [3.63, 3.8) is 0 Å². The van der Waals surface area contributed by atoms with Crippen molar-refractivity contribution in [2.24, 2.45) is 0 Å². The van der Waals surface area contributed by atoms with Crippen molar-refractivity contribution in [2.75, 3.05) is 39.3 Å². The molecule has 5 heteroatoms. The Morgan fingerprint density at radius 1 is 1.09 bits per heavy atom. The summed E-state index contributed by atoms with van der Waals surface area (Å²) in [5.41, 5.74) is 1.90. The van der Waals surface area contributed by atoms with E-state index in [9.17, 15) is 0 Å². The van der Waals surface area contributed by atoms with Crippen LogP contribution in [0.5, 0.6) is 5.75 Å². The van der Waals surface area contributed by atoms with Gasteiger partial charge < -0.3 is 14.1 Å². The van der Waals surface area contributed by atoms with Crippen LogP contribution in [-0.2, 0) is 6.54 Å². The zero-order chi connectivity index (χ0) is 16.1. The predicted molar refractivity (Wildman–Crippen MR) is 90.5 cm³/mol. The van der Waals surface area contributed by atoms with E-state index in [4.69, 9.17) is 9.15 Å². The quantitative estimate of drug-likeness (QED) is 0.820. The molecule has 2 heterocycles. The molecule has 0 spiro atoms. The van der Waals surface area contributed by atoms with Crippen LogP contribution in [0.25, 0.3) is 11.5 Å². The number of nitrogens with zero attached hydrogens (tertiary/aromatic N) is 3. The van der Waals surface area contributed by atoms with E-state index in [2.05, 4.69) is 21.7 Å². The van der Waals surface area contributed by atoms with Gasteiger partial charge in [-0.2, -0.15) is 0 Å². The molecule has 3 rings (SSSR count). The minimum atomic E-state index is 0.631. The van der Waals surface area contributed by atoms with Gasteiger partial charge in [0, 0.05) is 32.7 Å². The molecule has 0 amide bonds. The van der Waals surface area contributed by atoms with E-state index in [1.54, 1.807) is 6.26 Å². The Morgan fingerprint density at radius 3 is 2.57 bits per heavy atom. The number of ether oxygens (including phenoxy) is 1. The molecule has 23 heavy (non-hydrogen) atoms. The number of hydrogen-bond acceptors (Lipinski definition) is 5. The van der Waals surface area contributed by atoms with Gasteiger partial charge in [-0.15, -0.1) is 0 Å². The minimum absolute atomic E-state index is 0.631. The lowest BCUT2D eigenvalue weighted by Crippen LogP contribution is -2.45. The van der Waals surface area contributed by atoms with Gasteiger partial charge in [0.05, 0.1) is 17.9 Å². The van der Waals surface area contributed by atoms with Crippen molar-refractivity contribution in [2.45, 2.75) is 20.4 Å². The van der Waals surface area contributed by atoms with Crippen molar-refractivity contribution in [1.29, 1.82) is 0 Å². The number of para-hydroxylation sites is 1. The van der Waals surface area contributed by atoms with Crippen LogP contribution in [0.1, 0.15) is 19.5 Å². The third-order valence-corrected chi connectivity index (χ3v) is 4.27. The normalized spacial score (nSPS) is 16.6. The van der Waals surface area contributed by atoms with Crippen LogP contribution in [0.15, 0.2) is 34.9 Å². The monoisotopic (exact) mass is 315 g/mol. The Bertz CT molecular complexity index is 618. The van der Waals surface area contributed by atoms with E-state index in [0.717, 1.165) is 56.3 Å². The summed E-state index contributed by atoms with van der Waals surface area (Å²) in [6.45, 7) is 11.3. The van der Waals surface area contributed by atoms with Gasteiger partial charge in [0.15, 0.2) is 0 Å². The van der Waals surface area contributed by atoms with Gasteiger partial charge >= 0.3 is 0 Å². The summed E-state index contributed by atoms with van der Waals surface area (Å²) in [7, 11) is 0. The Labute approximate surface area is 137 Å².